The third-order valence-electron chi connectivity index (χ3n) is 4.62. The molecule has 2 N–H and O–H groups in total. The smallest absolute Gasteiger partial charge is 0.269 e. The summed E-state index contributed by atoms with van der Waals surface area (Å²) in [7, 11) is 0. The molecule has 7 heteroatoms. The molecule has 1 aliphatic heterocycles. The molecule has 6 nitrogen and oxygen atoms in total. The lowest BCUT2D eigenvalue weighted by atomic mass is 10.1. The molecule has 25 heavy (non-hydrogen) atoms. The summed E-state index contributed by atoms with van der Waals surface area (Å²) < 4.78 is 1.92. The standard InChI is InChI=1S/C18H19ClN4O2/c19-12-3-1-2-11(8-12)17(24)22-14-6-7-16-20-9-15(23(16)10-14)18(25)21-13-4-5-13/h1-3,8-9,13-14H,4-7,10H2,(H,21,25)(H,22,24). The molecular formula is C18H19ClN4O2. The number of halogens is 1. The van der Waals surface area contributed by atoms with Crippen LogP contribution in [0.3, 0.4) is 0 Å². The zero-order valence-corrected chi connectivity index (χ0v) is 14.4. The highest BCUT2D eigenvalue weighted by atomic mass is 35.5. The van der Waals surface area contributed by atoms with Crippen LogP contribution in [0.15, 0.2) is 30.5 Å². The second-order valence-corrected chi connectivity index (χ2v) is 7.07. The number of aryl methyl sites for hydroxylation is 1. The van der Waals surface area contributed by atoms with Gasteiger partial charge < -0.3 is 15.2 Å². The molecule has 1 aliphatic carbocycles. The summed E-state index contributed by atoms with van der Waals surface area (Å²) in [6, 6.07) is 7.15. The fourth-order valence-corrected chi connectivity index (χ4v) is 3.31. The van der Waals surface area contributed by atoms with Crippen LogP contribution in [0.4, 0.5) is 0 Å². The SMILES string of the molecule is O=C(NC1CCc2ncc(C(=O)NC3CC3)n2C1)c1cccc(Cl)c1. The molecule has 1 atom stereocenters. The molecule has 1 fully saturated rings. The Hall–Kier alpha value is -2.34. The third kappa shape index (κ3) is 3.54. The van der Waals surface area contributed by atoms with Crippen LogP contribution < -0.4 is 10.6 Å². The van der Waals surface area contributed by atoms with Gasteiger partial charge in [-0.2, -0.15) is 0 Å². The van der Waals surface area contributed by atoms with Gasteiger partial charge in [-0.15, -0.1) is 0 Å². The number of imidazole rings is 1. The topological polar surface area (TPSA) is 76.0 Å². The van der Waals surface area contributed by atoms with Gasteiger partial charge >= 0.3 is 0 Å². The van der Waals surface area contributed by atoms with Gasteiger partial charge in [0.25, 0.3) is 11.8 Å². The van der Waals surface area contributed by atoms with Crippen molar-refractivity contribution in [1.29, 1.82) is 0 Å². The molecule has 1 saturated carbocycles. The molecular weight excluding hydrogens is 340 g/mol. The Kier molecular flexibility index (Phi) is 4.21. The van der Waals surface area contributed by atoms with E-state index in [1.54, 1.807) is 30.5 Å². The number of nitrogens with zero attached hydrogens (tertiary/aromatic N) is 2. The first kappa shape index (κ1) is 16.1. The Labute approximate surface area is 150 Å². The largest absolute Gasteiger partial charge is 0.348 e. The number of hydrogen-bond acceptors (Lipinski definition) is 3. The molecule has 1 aromatic carbocycles. The molecule has 2 aliphatic rings. The van der Waals surface area contributed by atoms with Crippen molar-refractivity contribution in [2.24, 2.45) is 0 Å². The number of carbonyl (C=O) groups is 2. The lowest BCUT2D eigenvalue weighted by molar-refractivity contribution is 0.0925. The number of nitrogens with one attached hydrogen (secondary N) is 2. The number of rotatable bonds is 4. The van der Waals surface area contributed by atoms with Crippen LogP contribution in [0.25, 0.3) is 0 Å². The molecule has 2 heterocycles. The number of hydrogen-bond donors (Lipinski definition) is 2. The van der Waals surface area contributed by atoms with Gasteiger partial charge in [-0.1, -0.05) is 17.7 Å². The molecule has 0 bridgehead atoms. The number of amides is 2. The predicted molar refractivity (Wildman–Crippen MR) is 93.7 cm³/mol. The molecule has 0 saturated heterocycles. The number of aromatic nitrogens is 2. The van der Waals surface area contributed by atoms with Gasteiger partial charge in [-0.25, -0.2) is 4.98 Å². The summed E-state index contributed by atoms with van der Waals surface area (Å²) in [6.45, 7) is 0.551. The van der Waals surface area contributed by atoms with Crippen molar-refractivity contribution < 1.29 is 9.59 Å². The molecule has 130 valence electrons. The van der Waals surface area contributed by atoms with Crippen molar-refractivity contribution in [2.75, 3.05) is 0 Å². The summed E-state index contributed by atoms with van der Waals surface area (Å²) in [5.41, 5.74) is 1.11. The minimum Gasteiger partial charge on any atom is -0.348 e. The van der Waals surface area contributed by atoms with Gasteiger partial charge in [0.2, 0.25) is 0 Å². The van der Waals surface area contributed by atoms with Crippen molar-refractivity contribution in [3.8, 4) is 0 Å². The maximum Gasteiger partial charge on any atom is 0.269 e. The fraction of sp³-hybridized carbons (Fsp3) is 0.389. The molecule has 1 aromatic heterocycles. The Balaban J connectivity index is 1.46. The minimum absolute atomic E-state index is 0.0411. The number of benzene rings is 1. The van der Waals surface area contributed by atoms with Crippen LogP contribution in [-0.4, -0.2) is 33.4 Å². The quantitative estimate of drug-likeness (QED) is 0.879. The second kappa shape index (κ2) is 6.52. The Bertz CT molecular complexity index is 828. The Morgan fingerprint density at radius 1 is 1.12 bits per heavy atom. The summed E-state index contributed by atoms with van der Waals surface area (Å²) >= 11 is 5.95. The summed E-state index contributed by atoms with van der Waals surface area (Å²) in [4.78, 5) is 29.1. The number of carbonyl (C=O) groups excluding carboxylic acids is 2. The maximum atomic E-state index is 12.4. The van der Waals surface area contributed by atoms with E-state index in [1.807, 2.05) is 4.57 Å². The van der Waals surface area contributed by atoms with E-state index in [0.29, 0.717) is 28.9 Å². The normalized spacial score (nSPS) is 19.2. The number of fused-ring (bicyclic) bond motifs is 1. The highest BCUT2D eigenvalue weighted by molar-refractivity contribution is 6.30. The van der Waals surface area contributed by atoms with E-state index in [1.165, 1.54) is 0 Å². The second-order valence-electron chi connectivity index (χ2n) is 6.64. The van der Waals surface area contributed by atoms with E-state index < -0.39 is 0 Å². The van der Waals surface area contributed by atoms with Crippen molar-refractivity contribution in [3.05, 3.63) is 52.6 Å². The molecule has 0 spiro atoms. The van der Waals surface area contributed by atoms with Gasteiger partial charge in [0.1, 0.15) is 11.5 Å². The minimum atomic E-state index is -0.153. The molecule has 0 radical (unpaired) electrons. The van der Waals surface area contributed by atoms with Crippen LogP contribution >= 0.6 is 11.6 Å². The van der Waals surface area contributed by atoms with Gasteiger partial charge in [0.05, 0.1) is 6.20 Å². The highest BCUT2D eigenvalue weighted by Gasteiger charge is 2.29. The van der Waals surface area contributed by atoms with Crippen LogP contribution in [0, 0.1) is 0 Å². The van der Waals surface area contributed by atoms with Gasteiger partial charge in [0.15, 0.2) is 0 Å². The van der Waals surface area contributed by atoms with E-state index in [2.05, 4.69) is 15.6 Å². The molecule has 4 rings (SSSR count). The Morgan fingerprint density at radius 3 is 2.68 bits per heavy atom. The maximum absolute atomic E-state index is 12.4. The zero-order chi connectivity index (χ0) is 17.4. The van der Waals surface area contributed by atoms with E-state index in [9.17, 15) is 9.59 Å². The summed E-state index contributed by atoms with van der Waals surface area (Å²) in [6.07, 6.45) is 5.26. The first-order chi connectivity index (χ1) is 12.1. The average molecular weight is 359 g/mol. The van der Waals surface area contributed by atoms with Crippen LogP contribution in [-0.2, 0) is 13.0 Å². The van der Waals surface area contributed by atoms with Gasteiger partial charge in [0, 0.05) is 35.6 Å². The monoisotopic (exact) mass is 358 g/mol. The zero-order valence-electron chi connectivity index (χ0n) is 13.7. The van der Waals surface area contributed by atoms with E-state index in [4.69, 9.17) is 11.6 Å². The summed E-state index contributed by atoms with van der Waals surface area (Å²) in [5, 5.41) is 6.56. The highest BCUT2D eigenvalue weighted by Crippen LogP contribution is 2.21. The first-order valence-corrected chi connectivity index (χ1v) is 8.89. The van der Waals surface area contributed by atoms with Crippen molar-refractivity contribution in [1.82, 2.24) is 20.2 Å². The summed E-state index contributed by atoms with van der Waals surface area (Å²) in [5.74, 6) is 0.664. The van der Waals surface area contributed by atoms with Crippen LogP contribution in [0.5, 0.6) is 0 Å². The lowest BCUT2D eigenvalue weighted by Gasteiger charge is -2.26. The van der Waals surface area contributed by atoms with Crippen LogP contribution in [0.1, 0.15) is 45.9 Å². The first-order valence-electron chi connectivity index (χ1n) is 8.52. The van der Waals surface area contributed by atoms with E-state index in [-0.39, 0.29) is 17.9 Å². The molecule has 2 aromatic rings. The van der Waals surface area contributed by atoms with Crippen LogP contribution in [0.2, 0.25) is 5.02 Å². The van der Waals surface area contributed by atoms with Gasteiger partial charge in [-0.3, -0.25) is 9.59 Å². The lowest BCUT2D eigenvalue weighted by Crippen LogP contribution is -2.42. The van der Waals surface area contributed by atoms with Crippen molar-refractivity contribution >= 4 is 23.4 Å². The van der Waals surface area contributed by atoms with Crippen molar-refractivity contribution in [2.45, 2.75) is 44.3 Å². The Morgan fingerprint density at radius 2 is 1.92 bits per heavy atom. The third-order valence-corrected chi connectivity index (χ3v) is 4.86. The molecule has 1 unspecified atom stereocenters. The predicted octanol–water partition coefficient (Wildman–Crippen LogP) is 2.17. The van der Waals surface area contributed by atoms with Gasteiger partial charge in [-0.05, 0) is 37.5 Å². The average Bonchev–Trinajstić information content (AvgIpc) is 3.31. The van der Waals surface area contributed by atoms with Crippen molar-refractivity contribution in [3.63, 3.8) is 0 Å². The molecule has 2 amide bonds. The fourth-order valence-electron chi connectivity index (χ4n) is 3.12. The van der Waals surface area contributed by atoms with E-state index in [0.717, 1.165) is 31.5 Å². The van der Waals surface area contributed by atoms with E-state index >= 15 is 0 Å².